The maximum Gasteiger partial charge on any atom is 0.251 e. The first-order valence-electron chi connectivity index (χ1n) is 5.03. The van der Waals surface area contributed by atoms with Gasteiger partial charge in [-0.15, -0.1) is 0 Å². The van der Waals surface area contributed by atoms with E-state index in [0.29, 0.717) is 24.2 Å². The Hall–Kier alpha value is -1.88. The molecular formula is C11H15N3O2. The fourth-order valence-electron chi connectivity index (χ4n) is 1.22. The van der Waals surface area contributed by atoms with Crippen LogP contribution in [0.5, 0.6) is 0 Å². The average molecular weight is 221 g/mol. The minimum Gasteiger partial charge on any atom is -0.366 e. The second-order valence-corrected chi connectivity index (χ2v) is 3.34. The van der Waals surface area contributed by atoms with Gasteiger partial charge in [-0.25, -0.2) is 0 Å². The molecule has 0 bridgehead atoms. The molecule has 0 saturated heterocycles. The van der Waals surface area contributed by atoms with E-state index in [-0.39, 0.29) is 5.91 Å². The van der Waals surface area contributed by atoms with Gasteiger partial charge in [0.15, 0.2) is 0 Å². The van der Waals surface area contributed by atoms with E-state index in [0.717, 1.165) is 6.42 Å². The van der Waals surface area contributed by atoms with E-state index in [2.05, 4.69) is 5.32 Å². The molecule has 1 aromatic carbocycles. The number of nitrogens with two attached hydrogens (primary N) is 2. The van der Waals surface area contributed by atoms with Crippen LogP contribution in [0.15, 0.2) is 24.3 Å². The molecule has 0 aliphatic heterocycles. The Morgan fingerprint density at radius 3 is 2.56 bits per heavy atom. The molecule has 0 spiro atoms. The largest absolute Gasteiger partial charge is 0.366 e. The predicted molar refractivity (Wildman–Crippen MR) is 61.0 cm³/mol. The van der Waals surface area contributed by atoms with Gasteiger partial charge in [0.05, 0.1) is 0 Å². The topological polar surface area (TPSA) is 98.2 Å². The highest BCUT2D eigenvalue weighted by Crippen LogP contribution is 2.04. The number of benzene rings is 1. The van der Waals surface area contributed by atoms with E-state index in [1.54, 1.807) is 18.2 Å². The lowest BCUT2D eigenvalue weighted by molar-refractivity contribution is 0.0953. The Morgan fingerprint density at radius 1 is 1.25 bits per heavy atom. The van der Waals surface area contributed by atoms with Crippen LogP contribution < -0.4 is 16.8 Å². The van der Waals surface area contributed by atoms with Crippen LogP contribution in [0.1, 0.15) is 27.1 Å². The molecule has 5 heteroatoms. The zero-order valence-corrected chi connectivity index (χ0v) is 8.90. The number of rotatable bonds is 5. The summed E-state index contributed by atoms with van der Waals surface area (Å²) < 4.78 is 0. The highest BCUT2D eigenvalue weighted by Gasteiger charge is 2.07. The Balaban J connectivity index is 2.68. The van der Waals surface area contributed by atoms with Gasteiger partial charge in [0.2, 0.25) is 5.91 Å². The van der Waals surface area contributed by atoms with Crippen molar-refractivity contribution >= 4 is 11.8 Å². The summed E-state index contributed by atoms with van der Waals surface area (Å²) in [4.78, 5) is 22.5. The van der Waals surface area contributed by atoms with Crippen molar-refractivity contribution in [2.45, 2.75) is 6.42 Å². The Bertz CT molecular complexity index is 391. The van der Waals surface area contributed by atoms with Crippen molar-refractivity contribution < 1.29 is 9.59 Å². The normalized spacial score (nSPS) is 9.81. The predicted octanol–water partition coefficient (Wildman–Crippen LogP) is -0.136. The lowest BCUT2D eigenvalue weighted by atomic mass is 10.1. The molecule has 0 fully saturated rings. The first kappa shape index (κ1) is 12.2. The zero-order valence-electron chi connectivity index (χ0n) is 8.90. The molecule has 0 unspecified atom stereocenters. The van der Waals surface area contributed by atoms with Crippen molar-refractivity contribution in [2.75, 3.05) is 13.1 Å². The quantitative estimate of drug-likeness (QED) is 0.604. The van der Waals surface area contributed by atoms with Gasteiger partial charge >= 0.3 is 0 Å². The number of carbonyl (C=O) groups excluding carboxylic acids is 2. The van der Waals surface area contributed by atoms with Crippen molar-refractivity contribution in [1.29, 1.82) is 0 Å². The van der Waals surface area contributed by atoms with E-state index in [4.69, 9.17) is 11.5 Å². The second kappa shape index (κ2) is 5.87. The first-order chi connectivity index (χ1) is 7.65. The molecule has 0 heterocycles. The standard InChI is InChI=1S/C11H15N3O2/c12-5-2-6-14-11(16)9-4-1-3-8(7-9)10(13)15/h1,3-4,7H,2,5-6,12H2,(H2,13,15)(H,14,16). The number of hydrogen-bond acceptors (Lipinski definition) is 3. The number of primary amides is 1. The van der Waals surface area contributed by atoms with E-state index in [9.17, 15) is 9.59 Å². The van der Waals surface area contributed by atoms with Crippen molar-refractivity contribution in [1.82, 2.24) is 5.32 Å². The number of amides is 2. The molecule has 5 N–H and O–H groups in total. The molecule has 16 heavy (non-hydrogen) atoms. The van der Waals surface area contributed by atoms with Crippen LogP contribution in [0.25, 0.3) is 0 Å². The third-order valence-corrected chi connectivity index (χ3v) is 2.08. The van der Waals surface area contributed by atoms with Crippen LogP contribution >= 0.6 is 0 Å². The first-order valence-corrected chi connectivity index (χ1v) is 5.03. The third kappa shape index (κ3) is 3.36. The molecule has 2 amide bonds. The Morgan fingerprint density at radius 2 is 1.94 bits per heavy atom. The maximum absolute atomic E-state index is 11.6. The fraction of sp³-hybridized carbons (Fsp3) is 0.273. The van der Waals surface area contributed by atoms with Crippen LogP contribution in [0.2, 0.25) is 0 Å². The van der Waals surface area contributed by atoms with Crippen molar-refractivity contribution in [3.05, 3.63) is 35.4 Å². The van der Waals surface area contributed by atoms with E-state index in [1.807, 2.05) is 0 Å². The summed E-state index contributed by atoms with van der Waals surface area (Å²) in [6.07, 6.45) is 0.723. The lowest BCUT2D eigenvalue weighted by Crippen LogP contribution is -2.26. The van der Waals surface area contributed by atoms with Crippen LogP contribution in [-0.4, -0.2) is 24.9 Å². The molecule has 0 aromatic heterocycles. The SMILES string of the molecule is NCCCNC(=O)c1cccc(C(N)=O)c1. The lowest BCUT2D eigenvalue weighted by Gasteiger charge is -2.04. The summed E-state index contributed by atoms with van der Waals surface area (Å²) in [6, 6.07) is 6.29. The third-order valence-electron chi connectivity index (χ3n) is 2.08. The molecule has 0 saturated carbocycles. The van der Waals surface area contributed by atoms with Gasteiger partial charge in [0.25, 0.3) is 5.91 Å². The van der Waals surface area contributed by atoms with Crippen LogP contribution in [0.3, 0.4) is 0 Å². The zero-order chi connectivity index (χ0) is 12.0. The summed E-state index contributed by atoms with van der Waals surface area (Å²) in [7, 11) is 0. The molecule has 1 rings (SSSR count). The van der Waals surface area contributed by atoms with Gasteiger partial charge in [-0.1, -0.05) is 6.07 Å². The van der Waals surface area contributed by atoms with Gasteiger partial charge in [0, 0.05) is 17.7 Å². The number of nitrogens with one attached hydrogen (secondary N) is 1. The molecule has 86 valence electrons. The molecule has 0 aliphatic carbocycles. The Labute approximate surface area is 93.8 Å². The molecular weight excluding hydrogens is 206 g/mol. The highest BCUT2D eigenvalue weighted by molar-refractivity contribution is 5.99. The molecule has 0 radical (unpaired) electrons. The summed E-state index contributed by atoms with van der Waals surface area (Å²) in [5.41, 5.74) is 11.2. The van der Waals surface area contributed by atoms with Gasteiger partial charge in [-0.2, -0.15) is 0 Å². The van der Waals surface area contributed by atoms with Crippen molar-refractivity contribution in [3.63, 3.8) is 0 Å². The highest BCUT2D eigenvalue weighted by atomic mass is 16.2. The van der Waals surface area contributed by atoms with E-state index < -0.39 is 5.91 Å². The molecule has 0 aliphatic rings. The molecule has 5 nitrogen and oxygen atoms in total. The Kier molecular flexibility index (Phi) is 4.47. The monoisotopic (exact) mass is 221 g/mol. The smallest absolute Gasteiger partial charge is 0.251 e. The van der Waals surface area contributed by atoms with Gasteiger partial charge in [-0.3, -0.25) is 9.59 Å². The summed E-state index contributed by atoms with van der Waals surface area (Å²) in [5.74, 6) is -0.770. The average Bonchev–Trinajstić information content (AvgIpc) is 2.29. The van der Waals surface area contributed by atoms with Gasteiger partial charge in [0.1, 0.15) is 0 Å². The van der Waals surface area contributed by atoms with Gasteiger partial charge < -0.3 is 16.8 Å². The van der Waals surface area contributed by atoms with Crippen LogP contribution in [0, 0.1) is 0 Å². The number of hydrogen-bond donors (Lipinski definition) is 3. The van der Waals surface area contributed by atoms with Crippen molar-refractivity contribution in [3.8, 4) is 0 Å². The second-order valence-electron chi connectivity index (χ2n) is 3.34. The summed E-state index contributed by atoms with van der Waals surface area (Å²) >= 11 is 0. The minimum absolute atomic E-state index is 0.225. The fourth-order valence-corrected chi connectivity index (χ4v) is 1.22. The minimum atomic E-state index is -0.545. The van der Waals surface area contributed by atoms with Crippen molar-refractivity contribution in [2.24, 2.45) is 11.5 Å². The van der Waals surface area contributed by atoms with Gasteiger partial charge in [-0.05, 0) is 31.2 Å². The summed E-state index contributed by atoms with van der Waals surface area (Å²) in [6.45, 7) is 1.05. The van der Waals surface area contributed by atoms with E-state index >= 15 is 0 Å². The summed E-state index contributed by atoms with van der Waals surface area (Å²) in [5, 5.41) is 2.69. The number of carbonyl (C=O) groups is 2. The van der Waals surface area contributed by atoms with Crippen LogP contribution in [0.4, 0.5) is 0 Å². The maximum atomic E-state index is 11.6. The van der Waals surface area contributed by atoms with Crippen LogP contribution in [-0.2, 0) is 0 Å². The van der Waals surface area contributed by atoms with E-state index in [1.165, 1.54) is 6.07 Å². The molecule has 1 aromatic rings. The molecule has 0 atom stereocenters.